The fraction of sp³-hybridized carbons (Fsp3) is 0.533. The van der Waals surface area contributed by atoms with Crippen LogP contribution in [0.5, 0.6) is 11.5 Å². The number of halogens is 1. The molecule has 0 aromatic heterocycles. The summed E-state index contributed by atoms with van der Waals surface area (Å²) in [5.74, 6) is 0.323. The number of carbonyl (C=O) groups is 1. The molecular formula is C15H18BrNO4. The lowest BCUT2D eigenvalue weighted by Gasteiger charge is -2.19. The van der Waals surface area contributed by atoms with Crippen molar-refractivity contribution in [3.63, 3.8) is 0 Å². The van der Waals surface area contributed by atoms with E-state index in [-0.39, 0.29) is 18.1 Å². The topological polar surface area (TPSA) is 67.8 Å². The van der Waals surface area contributed by atoms with Crippen LogP contribution in [0.2, 0.25) is 0 Å². The molecule has 1 aliphatic heterocycles. The zero-order valence-corrected chi connectivity index (χ0v) is 13.4. The van der Waals surface area contributed by atoms with Crippen molar-refractivity contribution < 1.29 is 19.4 Å². The SMILES string of the molecule is COc1cc(Br)cc(C2CC(C(=O)O)CN2)c1OC1CC1. The van der Waals surface area contributed by atoms with Crippen LogP contribution in [0, 0.1) is 5.92 Å². The molecule has 1 saturated carbocycles. The van der Waals surface area contributed by atoms with Crippen molar-refractivity contribution in [1.29, 1.82) is 0 Å². The third kappa shape index (κ3) is 3.16. The molecule has 0 spiro atoms. The summed E-state index contributed by atoms with van der Waals surface area (Å²) in [5, 5.41) is 12.4. The molecule has 2 fully saturated rings. The summed E-state index contributed by atoms with van der Waals surface area (Å²) in [5.41, 5.74) is 0.969. The van der Waals surface area contributed by atoms with Crippen molar-refractivity contribution in [2.24, 2.45) is 5.92 Å². The van der Waals surface area contributed by atoms with Crippen LogP contribution in [0.15, 0.2) is 16.6 Å². The highest BCUT2D eigenvalue weighted by molar-refractivity contribution is 9.10. The number of hydrogen-bond donors (Lipinski definition) is 2. The van der Waals surface area contributed by atoms with Gasteiger partial charge in [-0.05, 0) is 31.4 Å². The van der Waals surface area contributed by atoms with Crippen molar-refractivity contribution in [3.05, 3.63) is 22.2 Å². The molecule has 6 heteroatoms. The van der Waals surface area contributed by atoms with Crippen LogP contribution >= 0.6 is 15.9 Å². The number of methoxy groups -OCH3 is 1. The van der Waals surface area contributed by atoms with Crippen LogP contribution < -0.4 is 14.8 Å². The van der Waals surface area contributed by atoms with E-state index in [1.807, 2.05) is 12.1 Å². The average Bonchev–Trinajstić information content (AvgIpc) is 3.13. The van der Waals surface area contributed by atoms with Crippen LogP contribution in [-0.4, -0.2) is 30.8 Å². The first-order valence-electron chi connectivity index (χ1n) is 7.08. The number of aliphatic carboxylic acids is 1. The normalized spacial score (nSPS) is 24.9. The predicted octanol–water partition coefficient (Wildman–Crippen LogP) is 2.73. The van der Waals surface area contributed by atoms with Gasteiger partial charge in [-0.25, -0.2) is 0 Å². The van der Waals surface area contributed by atoms with Crippen LogP contribution in [0.3, 0.4) is 0 Å². The van der Waals surface area contributed by atoms with E-state index in [4.69, 9.17) is 14.6 Å². The number of benzene rings is 1. The Balaban J connectivity index is 1.92. The lowest BCUT2D eigenvalue weighted by molar-refractivity contribution is -0.141. The van der Waals surface area contributed by atoms with Crippen molar-refractivity contribution in [3.8, 4) is 11.5 Å². The molecule has 0 bridgehead atoms. The highest BCUT2D eigenvalue weighted by Crippen LogP contribution is 2.43. The molecule has 2 unspecified atom stereocenters. The van der Waals surface area contributed by atoms with Gasteiger partial charge in [0.1, 0.15) is 0 Å². The van der Waals surface area contributed by atoms with Gasteiger partial charge in [-0.3, -0.25) is 4.79 Å². The molecule has 1 aliphatic carbocycles. The first-order chi connectivity index (χ1) is 10.1. The summed E-state index contributed by atoms with van der Waals surface area (Å²) in [6.07, 6.45) is 2.95. The highest BCUT2D eigenvalue weighted by atomic mass is 79.9. The molecule has 2 atom stereocenters. The summed E-state index contributed by atoms with van der Waals surface area (Å²) in [6.45, 7) is 0.484. The summed E-state index contributed by atoms with van der Waals surface area (Å²) in [4.78, 5) is 11.1. The lowest BCUT2D eigenvalue weighted by Crippen LogP contribution is -2.17. The molecule has 2 N–H and O–H groups in total. The van der Waals surface area contributed by atoms with Gasteiger partial charge >= 0.3 is 5.97 Å². The Morgan fingerprint density at radius 2 is 2.19 bits per heavy atom. The van der Waals surface area contributed by atoms with Crippen LogP contribution in [0.25, 0.3) is 0 Å². The molecule has 114 valence electrons. The molecule has 1 aromatic rings. The zero-order chi connectivity index (χ0) is 15.0. The Hall–Kier alpha value is -1.27. The molecule has 21 heavy (non-hydrogen) atoms. The van der Waals surface area contributed by atoms with E-state index in [1.54, 1.807) is 7.11 Å². The molecule has 2 aliphatic rings. The van der Waals surface area contributed by atoms with Crippen molar-refractivity contribution >= 4 is 21.9 Å². The maximum atomic E-state index is 11.1. The molecule has 1 aromatic carbocycles. The minimum atomic E-state index is -0.753. The molecule has 1 heterocycles. The summed E-state index contributed by atoms with van der Waals surface area (Å²) < 4.78 is 12.3. The summed E-state index contributed by atoms with van der Waals surface area (Å²) >= 11 is 3.48. The summed E-state index contributed by atoms with van der Waals surface area (Å²) in [6, 6.07) is 3.85. The third-order valence-electron chi connectivity index (χ3n) is 3.93. The van der Waals surface area contributed by atoms with Gasteiger partial charge in [-0.2, -0.15) is 0 Å². The second kappa shape index (κ2) is 5.85. The number of nitrogens with one attached hydrogen (secondary N) is 1. The van der Waals surface area contributed by atoms with Gasteiger partial charge in [0.05, 0.1) is 19.1 Å². The van der Waals surface area contributed by atoms with Crippen molar-refractivity contribution in [1.82, 2.24) is 5.32 Å². The van der Waals surface area contributed by atoms with Crippen LogP contribution in [-0.2, 0) is 4.79 Å². The van der Waals surface area contributed by atoms with Gasteiger partial charge < -0.3 is 19.9 Å². The maximum Gasteiger partial charge on any atom is 0.307 e. The van der Waals surface area contributed by atoms with E-state index in [2.05, 4.69) is 21.2 Å². The fourth-order valence-electron chi connectivity index (χ4n) is 2.64. The number of ether oxygens (including phenoxy) is 2. The zero-order valence-electron chi connectivity index (χ0n) is 11.8. The first kappa shape index (κ1) is 14.7. The first-order valence-corrected chi connectivity index (χ1v) is 7.88. The van der Waals surface area contributed by atoms with Gasteiger partial charge in [0.15, 0.2) is 11.5 Å². The lowest BCUT2D eigenvalue weighted by atomic mass is 9.99. The van der Waals surface area contributed by atoms with Gasteiger partial charge in [-0.1, -0.05) is 15.9 Å². The average molecular weight is 356 g/mol. The predicted molar refractivity (Wildman–Crippen MR) is 80.8 cm³/mol. The van der Waals surface area contributed by atoms with Gasteiger partial charge in [0, 0.05) is 22.6 Å². The molecular weight excluding hydrogens is 338 g/mol. The number of carboxylic acids is 1. The third-order valence-corrected chi connectivity index (χ3v) is 4.39. The largest absolute Gasteiger partial charge is 0.493 e. The molecule has 5 nitrogen and oxygen atoms in total. The molecule has 1 saturated heterocycles. The minimum absolute atomic E-state index is 0.0220. The number of rotatable bonds is 5. The Morgan fingerprint density at radius 3 is 2.76 bits per heavy atom. The Labute approximate surface area is 131 Å². The Morgan fingerprint density at radius 1 is 1.43 bits per heavy atom. The van der Waals surface area contributed by atoms with E-state index in [0.29, 0.717) is 18.7 Å². The van der Waals surface area contributed by atoms with Gasteiger partial charge in [0.25, 0.3) is 0 Å². The second-order valence-electron chi connectivity index (χ2n) is 5.58. The summed E-state index contributed by atoms with van der Waals surface area (Å²) in [7, 11) is 1.62. The van der Waals surface area contributed by atoms with E-state index in [1.165, 1.54) is 0 Å². The number of hydrogen-bond acceptors (Lipinski definition) is 4. The smallest absolute Gasteiger partial charge is 0.307 e. The van der Waals surface area contributed by atoms with Crippen molar-refractivity contribution in [2.75, 3.05) is 13.7 Å². The standard InChI is InChI=1S/C15H18BrNO4/c1-20-13-6-9(16)5-11(14(13)21-10-2-3-10)12-4-8(7-17-12)15(18)19/h5-6,8,10,12,17H,2-4,7H2,1H3,(H,18,19). The van der Waals surface area contributed by atoms with E-state index in [9.17, 15) is 4.79 Å². The maximum absolute atomic E-state index is 11.1. The van der Waals surface area contributed by atoms with Crippen LogP contribution in [0.4, 0.5) is 0 Å². The molecule has 3 rings (SSSR count). The van der Waals surface area contributed by atoms with Crippen LogP contribution in [0.1, 0.15) is 30.9 Å². The van der Waals surface area contributed by atoms with E-state index in [0.717, 1.165) is 28.6 Å². The van der Waals surface area contributed by atoms with Gasteiger partial charge in [0.2, 0.25) is 0 Å². The number of carboxylic acid groups (broad SMARTS) is 1. The van der Waals surface area contributed by atoms with Gasteiger partial charge in [-0.15, -0.1) is 0 Å². The monoisotopic (exact) mass is 355 g/mol. The fourth-order valence-corrected chi connectivity index (χ4v) is 3.09. The molecule has 0 amide bonds. The highest BCUT2D eigenvalue weighted by Gasteiger charge is 2.34. The van der Waals surface area contributed by atoms with Crippen molar-refractivity contribution in [2.45, 2.75) is 31.4 Å². The Kier molecular flexibility index (Phi) is 4.08. The quantitative estimate of drug-likeness (QED) is 0.849. The Bertz CT molecular complexity index is 559. The second-order valence-corrected chi connectivity index (χ2v) is 6.49. The minimum Gasteiger partial charge on any atom is -0.493 e. The van der Waals surface area contributed by atoms with E-state index >= 15 is 0 Å². The van der Waals surface area contributed by atoms with E-state index < -0.39 is 5.97 Å². The molecule has 0 radical (unpaired) electrons.